The Hall–Kier alpha value is -3.58. The Morgan fingerprint density at radius 2 is 1.00 bits per heavy atom. The van der Waals surface area contributed by atoms with Crippen LogP contribution in [0.2, 0.25) is 0 Å². The van der Waals surface area contributed by atoms with E-state index < -0.39 is 23.2 Å². The zero-order valence-electron chi connectivity index (χ0n) is 14.8. The maximum atomic E-state index is 11.1. The number of carboxylic acids is 2. The second-order valence-corrected chi connectivity index (χ2v) is 5.58. The van der Waals surface area contributed by atoms with Crippen LogP contribution >= 0.6 is 0 Å². The second-order valence-electron chi connectivity index (χ2n) is 5.58. The van der Waals surface area contributed by atoms with Gasteiger partial charge in [0.05, 0.1) is 0 Å². The van der Waals surface area contributed by atoms with Crippen LogP contribution in [0.5, 0.6) is 0 Å². The van der Waals surface area contributed by atoms with Gasteiger partial charge in [0.15, 0.2) is 0 Å². The first-order chi connectivity index (χ1) is 13.4. The number of aromatic carboxylic acids is 2. The van der Waals surface area contributed by atoms with Crippen LogP contribution in [0.25, 0.3) is 21.9 Å². The Morgan fingerprint density at radius 3 is 1.34 bits per heavy atom. The molecule has 2 heterocycles. The Morgan fingerprint density at radius 1 is 0.655 bits per heavy atom. The van der Waals surface area contributed by atoms with Gasteiger partial charge in [-0.3, -0.25) is 0 Å². The van der Waals surface area contributed by atoms with Crippen molar-refractivity contribution in [3.63, 3.8) is 0 Å². The first-order valence-corrected chi connectivity index (χ1v) is 7.89. The van der Waals surface area contributed by atoms with E-state index in [0.29, 0.717) is 21.9 Å². The van der Waals surface area contributed by atoms with Gasteiger partial charge in [-0.15, -0.1) is 0 Å². The van der Waals surface area contributed by atoms with Crippen LogP contribution in [-0.4, -0.2) is 22.2 Å². The summed E-state index contributed by atoms with van der Waals surface area (Å²) >= 11 is 0. The molecule has 0 aliphatic heterocycles. The minimum Gasteiger partial charge on any atom is -0.477 e. The van der Waals surface area contributed by atoms with Crippen LogP contribution in [0.3, 0.4) is 0 Å². The summed E-state index contributed by atoms with van der Waals surface area (Å²) < 4.78 is 9.64. The van der Waals surface area contributed by atoms with Crippen molar-refractivity contribution in [2.24, 2.45) is 0 Å². The molecule has 2 aromatic heterocycles. The smallest absolute Gasteiger partial charge is 0.351 e. The van der Waals surface area contributed by atoms with E-state index in [0.717, 1.165) is 0 Å². The number of fused-ring (bicyclic) bond motifs is 2. The summed E-state index contributed by atoms with van der Waals surface area (Å²) in [6, 6.07) is 16.1. The molecule has 8 nitrogen and oxygen atoms in total. The Bertz CT molecular complexity index is 1220. The average molecular weight is 446 g/mol. The van der Waals surface area contributed by atoms with E-state index >= 15 is 0 Å². The van der Waals surface area contributed by atoms with E-state index in [4.69, 9.17) is 19.0 Å². The van der Waals surface area contributed by atoms with Gasteiger partial charge in [-0.25, -0.2) is 19.2 Å². The van der Waals surface area contributed by atoms with Crippen molar-refractivity contribution in [1.82, 2.24) is 0 Å². The van der Waals surface area contributed by atoms with Crippen LogP contribution in [0.15, 0.2) is 79.1 Å². The average Bonchev–Trinajstić information content (AvgIpc) is 2.67. The molecule has 4 rings (SSSR count). The number of hydrogen-bond acceptors (Lipinski definition) is 6. The molecule has 2 N–H and O–H groups in total. The largest absolute Gasteiger partial charge is 0.477 e. The summed E-state index contributed by atoms with van der Waals surface area (Å²) in [5.74, 6) is -2.55. The van der Waals surface area contributed by atoms with Gasteiger partial charge < -0.3 is 19.0 Å². The van der Waals surface area contributed by atoms with Gasteiger partial charge in [0.1, 0.15) is 22.3 Å². The van der Waals surface area contributed by atoms with Crippen molar-refractivity contribution < 1.29 is 48.1 Å². The summed E-state index contributed by atoms with van der Waals surface area (Å²) in [5, 5.41) is 18.5. The third-order valence-electron chi connectivity index (χ3n) is 3.74. The molecule has 0 unspecified atom stereocenters. The Kier molecular flexibility index (Phi) is 6.80. The van der Waals surface area contributed by atoms with E-state index in [2.05, 4.69) is 0 Å². The molecule has 0 amide bonds. The monoisotopic (exact) mass is 444 g/mol. The van der Waals surface area contributed by atoms with Crippen LogP contribution in [0.1, 0.15) is 20.7 Å². The van der Waals surface area contributed by atoms with Crippen molar-refractivity contribution in [2.75, 3.05) is 0 Å². The first-order valence-electron chi connectivity index (χ1n) is 7.89. The van der Waals surface area contributed by atoms with Crippen LogP contribution < -0.4 is 11.3 Å². The van der Waals surface area contributed by atoms with E-state index in [1.807, 2.05) is 0 Å². The zero-order valence-corrected chi connectivity index (χ0v) is 17.8. The topological polar surface area (TPSA) is 135 Å². The summed E-state index contributed by atoms with van der Waals surface area (Å²) in [7, 11) is 0. The molecule has 0 aliphatic carbocycles. The van der Waals surface area contributed by atoms with Gasteiger partial charge in [-0.1, -0.05) is 36.4 Å². The van der Waals surface area contributed by atoms with Crippen LogP contribution in [0.4, 0.5) is 0 Å². The third kappa shape index (κ3) is 4.83. The number of carbonyl (C=O) groups is 2. The Balaban J connectivity index is 0.000000200. The summed E-state index contributed by atoms with van der Waals surface area (Å²) in [5.41, 5.74) is -1.55. The molecule has 142 valence electrons. The summed E-state index contributed by atoms with van der Waals surface area (Å²) in [6.07, 6.45) is 0. The molecular weight excluding hydrogens is 434 g/mol. The third-order valence-corrected chi connectivity index (χ3v) is 3.74. The van der Waals surface area contributed by atoms with Crippen molar-refractivity contribution in [1.29, 1.82) is 0 Å². The van der Waals surface area contributed by atoms with Crippen LogP contribution in [-0.2, 0) is 19.5 Å². The van der Waals surface area contributed by atoms with Gasteiger partial charge in [-0.2, -0.15) is 0 Å². The molecule has 2 aromatic carbocycles. The van der Waals surface area contributed by atoms with E-state index in [-0.39, 0.29) is 30.6 Å². The number of para-hydroxylation sites is 2. The zero-order chi connectivity index (χ0) is 20.3. The number of rotatable bonds is 2. The van der Waals surface area contributed by atoms with Crippen molar-refractivity contribution in [3.8, 4) is 0 Å². The molecule has 0 radical (unpaired) electrons. The minimum absolute atomic E-state index is 0. The molecular formula is C20H12O8Zn. The quantitative estimate of drug-likeness (QED) is 0.355. The van der Waals surface area contributed by atoms with Crippen LogP contribution in [0, 0.1) is 0 Å². The maximum absolute atomic E-state index is 11.1. The number of benzene rings is 2. The van der Waals surface area contributed by atoms with E-state index in [1.165, 1.54) is 12.1 Å². The molecule has 0 spiro atoms. The maximum Gasteiger partial charge on any atom is 0.351 e. The normalized spacial score (nSPS) is 9.93. The van der Waals surface area contributed by atoms with Gasteiger partial charge >= 0.3 is 23.2 Å². The predicted octanol–water partition coefficient (Wildman–Crippen LogP) is 2.98. The van der Waals surface area contributed by atoms with Gasteiger partial charge in [-0.05, 0) is 24.3 Å². The molecule has 0 saturated heterocycles. The molecule has 0 atom stereocenters. The molecule has 29 heavy (non-hydrogen) atoms. The second kappa shape index (κ2) is 9.08. The van der Waals surface area contributed by atoms with E-state index in [1.54, 1.807) is 48.5 Å². The SMILES string of the molecule is O=C(O)c1cc2ccccc2oc1=O.O=C(O)c1cc2ccccc2oc1=O.[Zn]. The first kappa shape index (κ1) is 21.7. The summed E-state index contributed by atoms with van der Waals surface area (Å²) in [6.45, 7) is 0. The standard InChI is InChI=1S/2C10H6O4.Zn/c2*11-9(12)7-5-6-3-1-2-4-8(6)14-10(7)13;/h2*1-5H,(H,11,12);. The molecule has 4 aromatic rings. The minimum atomic E-state index is -1.27. The van der Waals surface area contributed by atoms with Gasteiger partial charge in [0, 0.05) is 30.3 Å². The predicted molar refractivity (Wildman–Crippen MR) is 98.9 cm³/mol. The number of carboxylic acid groups (broad SMARTS) is 2. The molecule has 0 aliphatic rings. The fourth-order valence-corrected chi connectivity index (χ4v) is 2.42. The fraction of sp³-hybridized carbons (Fsp3) is 0. The van der Waals surface area contributed by atoms with Gasteiger partial charge in [0.25, 0.3) is 0 Å². The van der Waals surface area contributed by atoms with Crippen molar-refractivity contribution in [2.45, 2.75) is 0 Å². The summed E-state index contributed by atoms with van der Waals surface area (Å²) in [4.78, 5) is 43.5. The molecule has 9 heteroatoms. The number of hydrogen-bond donors (Lipinski definition) is 2. The fourth-order valence-electron chi connectivity index (χ4n) is 2.42. The van der Waals surface area contributed by atoms with Crippen molar-refractivity contribution >= 4 is 33.9 Å². The van der Waals surface area contributed by atoms with Gasteiger partial charge in [0.2, 0.25) is 0 Å². The van der Waals surface area contributed by atoms with E-state index in [9.17, 15) is 19.2 Å². The Labute approximate surface area is 174 Å². The molecule has 0 saturated carbocycles. The van der Waals surface area contributed by atoms with Crippen molar-refractivity contribution in [3.05, 3.63) is 92.6 Å². The molecule has 0 bridgehead atoms. The molecule has 0 fully saturated rings.